The molecule has 0 amide bonds. The standard InChI is InChI=1S/C7H10F2N2/c8-7(9,2-3-10)6-1-4-11-5-6/h1,4-5,11H,2-3,10H2. The largest absolute Gasteiger partial charge is 0.367 e. The summed E-state index contributed by atoms with van der Waals surface area (Å²) in [5.41, 5.74) is 5.03. The number of alkyl halides is 2. The van der Waals surface area contributed by atoms with Crippen LogP contribution < -0.4 is 5.73 Å². The zero-order valence-corrected chi connectivity index (χ0v) is 5.98. The van der Waals surface area contributed by atoms with Gasteiger partial charge in [0, 0.05) is 24.4 Å². The highest BCUT2D eigenvalue weighted by atomic mass is 19.3. The SMILES string of the molecule is NCCC(F)(F)c1cc[nH]c1. The first-order chi connectivity index (χ1) is 5.17. The number of hydrogen-bond donors (Lipinski definition) is 2. The number of rotatable bonds is 3. The Bertz CT molecular complexity index is 206. The Morgan fingerprint density at radius 2 is 2.27 bits per heavy atom. The van der Waals surface area contributed by atoms with Crippen molar-refractivity contribution in [3.05, 3.63) is 24.0 Å². The first kappa shape index (κ1) is 8.20. The summed E-state index contributed by atoms with van der Waals surface area (Å²) in [5, 5.41) is 0. The van der Waals surface area contributed by atoms with Gasteiger partial charge in [0.25, 0.3) is 5.92 Å². The quantitative estimate of drug-likeness (QED) is 0.690. The van der Waals surface area contributed by atoms with Crippen LogP contribution in [-0.4, -0.2) is 11.5 Å². The Hall–Kier alpha value is -0.900. The van der Waals surface area contributed by atoms with Crippen molar-refractivity contribution >= 4 is 0 Å². The summed E-state index contributed by atoms with van der Waals surface area (Å²) in [6.45, 7) is -0.00181. The topological polar surface area (TPSA) is 41.8 Å². The molecular weight excluding hydrogens is 150 g/mol. The summed E-state index contributed by atoms with van der Waals surface area (Å²) in [4.78, 5) is 2.57. The van der Waals surface area contributed by atoms with Crippen LogP contribution in [0.15, 0.2) is 18.5 Å². The number of nitrogens with one attached hydrogen (secondary N) is 1. The number of halogens is 2. The first-order valence-electron chi connectivity index (χ1n) is 3.38. The van der Waals surface area contributed by atoms with Crippen molar-refractivity contribution in [2.45, 2.75) is 12.3 Å². The van der Waals surface area contributed by atoms with Gasteiger partial charge in [0.1, 0.15) is 0 Å². The van der Waals surface area contributed by atoms with Crippen molar-refractivity contribution in [3.63, 3.8) is 0 Å². The molecular formula is C7H10F2N2. The molecule has 0 atom stereocenters. The lowest BCUT2D eigenvalue weighted by Crippen LogP contribution is -2.17. The molecule has 0 fully saturated rings. The van der Waals surface area contributed by atoms with Crippen molar-refractivity contribution in [2.24, 2.45) is 5.73 Å². The molecule has 3 N–H and O–H groups in total. The molecule has 0 aliphatic carbocycles. The number of nitrogens with two attached hydrogens (primary N) is 1. The van der Waals surface area contributed by atoms with Gasteiger partial charge in [0.2, 0.25) is 0 Å². The number of hydrogen-bond acceptors (Lipinski definition) is 1. The fraction of sp³-hybridized carbons (Fsp3) is 0.429. The minimum absolute atomic E-state index is 0.00181. The average Bonchev–Trinajstić information content (AvgIpc) is 2.37. The highest BCUT2D eigenvalue weighted by molar-refractivity contribution is 5.14. The van der Waals surface area contributed by atoms with Crippen molar-refractivity contribution in [1.29, 1.82) is 0 Å². The minimum Gasteiger partial charge on any atom is -0.367 e. The molecule has 4 heteroatoms. The molecule has 0 aliphatic rings. The van der Waals surface area contributed by atoms with Crippen molar-refractivity contribution in [2.75, 3.05) is 6.54 Å². The summed E-state index contributed by atoms with van der Waals surface area (Å²) in [7, 11) is 0. The van der Waals surface area contributed by atoms with Crippen LogP contribution in [-0.2, 0) is 5.92 Å². The van der Waals surface area contributed by atoms with Crippen LogP contribution in [0.5, 0.6) is 0 Å². The normalized spacial score (nSPS) is 11.9. The fourth-order valence-corrected chi connectivity index (χ4v) is 0.877. The molecule has 0 radical (unpaired) electrons. The molecule has 0 aromatic carbocycles. The molecule has 0 bridgehead atoms. The summed E-state index contributed by atoms with van der Waals surface area (Å²) >= 11 is 0. The van der Waals surface area contributed by atoms with Crippen molar-refractivity contribution in [1.82, 2.24) is 4.98 Å². The van der Waals surface area contributed by atoms with Gasteiger partial charge < -0.3 is 10.7 Å². The van der Waals surface area contributed by atoms with Gasteiger partial charge in [-0.25, -0.2) is 8.78 Å². The predicted molar refractivity (Wildman–Crippen MR) is 38.4 cm³/mol. The van der Waals surface area contributed by atoms with Gasteiger partial charge in [-0.15, -0.1) is 0 Å². The van der Waals surface area contributed by atoms with Crippen LogP contribution in [0.3, 0.4) is 0 Å². The van der Waals surface area contributed by atoms with Gasteiger partial charge in [0.05, 0.1) is 0 Å². The zero-order chi connectivity index (χ0) is 8.32. The minimum atomic E-state index is -2.78. The van der Waals surface area contributed by atoms with Gasteiger partial charge in [-0.05, 0) is 12.6 Å². The van der Waals surface area contributed by atoms with E-state index in [9.17, 15) is 8.78 Å². The van der Waals surface area contributed by atoms with E-state index in [4.69, 9.17) is 5.73 Å². The van der Waals surface area contributed by atoms with Gasteiger partial charge in [0.15, 0.2) is 0 Å². The first-order valence-corrected chi connectivity index (χ1v) is 3.38. The molecule has 1 heterocycles. The van der Waals surface area contributed by atoms with Gasteiger partial charge in [-0.3, -0.25) is 0 Å². The predicted octanol–water partition coefficient (Wildman–Crippen LogP) is 1.46. The Labute approximate surface area is 63.4 Å². The maximum absolute atomic E-state index is 12.9. The second kappa shape index (κ2) is 3.00. The van der Waals surface area contributed by atoms with E-state index in [1.807, 2.05) is 0 Å². The van der Waals surface area contributed by atoms with Crippen LogP contribution in [0.4, 0.5) is 8.78 Å². The van der Waals surface area contributed by atoms with E-state index in [2.05, 4.69) is 4.98 Å². The average molecular weight is 160 g/mol. The summed E-state index contributed by atoms with van der Waals surface area (Å²) in [6, 6.07) is 1.36. The van der Waals surface area contributed by atoms with Gasteiger partial charge in [-0.1, -0.05) is 0 Å². The Kier molecular flexibility index (Phi) is 2.24. The zero-order valence-electron chi connectivity index (χ0n) is 5.98. The van der Waals surface area contributed by atoms with Crippen molar-refractivity contribution in [3.8, 4) is 0 Å². The van der Waals surface area contributed by atoms with E-state index in [-0.39, 0.29) is 18.5 Å². The van der Waals surface area contributed by atoms with E-state index in [1.54, 1.807) is 0 Å². The third kappa shape index (κ3) is 1.77. The Morgan fingerprint density at radius 3 is 2.73 bits per heavy atom. The van der Waals surface area contributed by atoms with E-state index in [0.29, 0.717) is 0 Å². The maximum atomic E-state index is 12.9. The third-order valence-corrected chi connectivity index (χ3v) is 1.48. The summed E-state index contributed by atoms with van der Waals surface area (Å²) < 4.78 is 25.8. The molecule has 0 saturated heterocycles. The molecule has 11 heavy (non-hydrogen) atoms. The van der Waals surface area contributed by atoms with Gasteiger partial charge in [-0.2, -0.15) is 0 Å². The molecule has 0 aliphatic heterocycles. The fourth-order valence-electron chi connectivity index (χ4n) is 0.877. The molecule has 0 spiro atoms. The van der Waals surface area contributed by atoms with Crippen LogP contribution in [0.2, 0.25) is 0 Å². The molecule has 1 aromatic rings. The second-order valence-electron chi connectivity index (χ2n) is 2.34. The van der Waals surface area contributed by atoms with Crippen LogP contribution >= 0.6 is 0 Å². The molecule has 2 nitrogen and oxygen atoms in total. The van der Waals surface area contributed by atoms with E-state index in [1.165, 1.54) is 18.5 Å². The number of aromatic amines is 1. The third-order valence-electron chi connectivity index (χ3n) is 1.48. The lowest BCUT2D eigenvalue weighted by Gasteiger charge is -2.12. The number of H-pyrrole nitrogens is 1. The molecule has 1 aromatic heterocycles. The lowest BCUT2D eigenvalue weighted by atomic mass is 10.1. The monoisotopic (exact) mass is 160 g/mol. The van der Waals surface area contributed by atoms with E-state index >= 15 is 0 Å². The highest BCUT2D eigenvalue weighted by Gasteiger charge is 2.30. The number of aromatic nitrogens is 1. The van der Waals surface area contributed by atoms with Crippen molar-refractivity contribution < 1.29 is 8.78 Å². The molecule has 0 unspecified atom stereocenters. The maximum Gasteiger partial charge on any atom is 0.275 e. The van der Waals surface area contributed by atoms with Crippen LogP contribution in [0.1, 0.15) is 12.0 Å². The molecule has 1 rings (SSSR count). The van der Waals surface area contributed by atoms with E-state index in [0.717, 1.165) is 0 Å². The molecule has 0 saturated carbocycles. The second-order valence-corrected chi connectivity index (χ2v) is 2.34. The van der Waals surface area contributed by atoms with Crippen LogP contribution in [0, 0.1) is 0 Å². The Balaban J connectivity index is 2.73. The smallest absolute Gasteiger partial charge is 0.275 e. The highest BCUT2D eigenvalue weighted by Crippen LogP contribution is 2.30. The van der Waals surface area contributed by atoms with Gasteiger partial charge >= 0.3 is 0 Å². The summed E-state index contributed by atoms with van der Waals surface area (Å²) in [6.07, 6.45) is 2.46. The lowest BCUT2D eigenvalue weighted by molar-refractivity contribution is -0.0105. The van der Waals surface area contributed by atoms with E-state index < -0.39 is 5.92 Å². The summed E-state index contributed by atoms with van der Waals surface area (Å²) in [5.74, 6) is -2.78. The Morgan fingerprint density at radius 1 is 1.55 bits per heavy atom. The van der Waals surface area contributed by atoms with Crippen LogP contribution in [0.25, 0.3) is 0 Å². The molecule has 62 valence electrons.